The number of methoxy groups -OCH3 is 1. The smallest absolute Gasteiger partial charge is 0.253 e. The lowest BCUT2D eigenvalue weighted by Crippen LogP contribution is -2.60. The molecule has 3 saturated heterocycles. The van der Waals surface area contributed by atoms with Gasteiger partial charge in [0.15, 0.2) is 9.75 Å². The van der Waals surface area contributed by atoms with E-state index in [0.29, 0.717) is 30.0 Å². The Balaban J connectivity index is 1.30. The predicted molar refractivity (Wildman–Crippen MR) is 162 cm³/mol. The molecule has 7 rings (SSSR count). The lowest BCUT2D eigenvalue weighted by atomic mass is 9.56. The fourth-order valence-corrected chi connectivity index (χ4v) is 8.93. The summed E-state index contributed by atoms with van der Waals surface area (Å²) in [6.07, 6.45) is 2.02. The van der Waals surface area contributed by atoms with E-state index in [2.05, 4.69) is 4.90 Å². The van der Waals surface area contributed by atoms with Crippen molar-refractivity contribution in [2.45, 2.75) is 28.5 Å². The van der Waals surface area contributed by atoms with Gasteiger partial charge >= 0.3 is 0 Å². The van der Waals surface area contributed by atoms with E-state index in [1.54, 1.807) is 18.2 Å². The fourth-order valence-electron chi connectivity index (χ4n) is 7.92. The van der Waals surface area contributed by atoms with Crippen LogP contribution >= 0.6 is 23.2 Å². The molecule has 3 aliphatic heterocycles. The number of likely N-dealkylation sites (tertiary alicyclic amines) is 1. The summed E-state index contributed by atoms with van der Waals surface area (Å²) in [5.41, 5.74) is 2.55. The normalized spacial score (nSPS) is 33.3. The molecule has 4 amide bonds. The summed E-state index contributed by atoms with van der Waals surface area (Å²) in [6, 6.07) is 11.8. The average Bonchev–Trinajstić information content (AvgIpc) is 3.36. The SMILES string of the molecule is COc1cc(O)ccc1[C@H]1C2=CC[C@@H]3C(=O)N(c4ccc(N5CCOCC5)cc4)C(=O)[C@@H]3[C@@H]2C[C@@]2(Cl)C(=O)N(C)C(=O)[C@@]12Cl. The maximum absolute atomic E-state index is 14.2. The van der Waals surface area contributed by atoms with Crippen LogP contribution in [0.2, 0.25) is 0 Å². The monoisotopic (exact) mass is 639 g/mol. The molecule has 2 aliphatic carbocycles. The Bertz CT molecular complexity index is 1620. The van der Waals surface area contributed by atoms with E-state index in [0.717, 1.165) is 23.7 Å². The van der Waals surface area contributed by atoms with Crippen LogP contribution in [0.15, 0.2) is 54.1 Å². The van der Waals surface area contributed by atoms with Crippen molar-refractivity contribution >= 4 is 58.2 Å². The molecule has 4 fully saturated rings. The van der Waals surface area contributed by atoms with Crippen molar-refractivity contribution < 1.29 is 33.8 Å². The highest BCUT2D eigenvalue weighted by Crippen LogP contribution is 2.66. The van der Waals surface area contributed by atoms with Crippen LogP contribution in [0, 0.1) is 17.8 Å². The Morgan fingerprint density at radius 2 is 1.61 bits per heavy atom. The molecule has 12 heteroatoms. The van der Waals surface area contributed by atoms with Crippen molar-refractivity contribution in [1.82, 2.24) is 4.90 Å². The van der Waals surface area contributed by atoms with Gasteiger partial charge in [-0.15, -0.1) is 23.2 Å². The zero-order valence-electron chi connectivity index (χ0n) is 24.2. The highest BCUT2D eigenvalue weighted by molar-refractivity contribution is 6.53. The number of rotatable bonds is 4. The van der Waals surface area contributed by atoms with Crippen LogP contribution in [-0.2, 0) is 23.9 Å². The minimum Gasteiger partial charge on any atom is -0.508 e. The van der Waals surface area contributed by atoms with E-state index in [1.165, 1.54) is 31.2 Å². The first-order chi connectivity index (χ1) is 21.0. The van der Waals surface area contributed by atoms with Gasteiger partial charge in [0.05, 0.1) is 37.8 Å². The zero-order valence-corrected chi connectivity index (χ0v) is 25.7. The summed E-state index contributed by atoms with van der Waals surface area (Å²) in [5, 5.41) is 10.2. The number of morpholine rings is 1. The van der Waals surface area contributed by atoms with Gasteiger partial charge in [0, 0.05) is 43.4 Å². The van der Waals surface area contributed by atoms with Gasteiger partial charge in [-0.2, -0.15) is 0 Å². The Kier molecular flexibility index (Phi) is 6.77. The molecule has 2 aromatic carbocycles. The number of phenols is 1. The van der Waals surface area contributed by atoms with Gasteiger partial charge in [-0.25, -0.2) is 0 Å². The summed E-state index contributed by atoms with van der Waals surface area (Å²) in [5.74, 6) is -4.90. The number of hydrogen-bond acceptors (Lipinski definition) is 8. The Morgan fingerprint density at radius 1 is 0.932 bits per heavy atom. The summed E-state index contributed by atoms with van der Waals surface area (Å²) in [6.45, 7) is 2.79. The van der Waals surface area contributed by atoms with E-state index in [9.17, 15) is 24.3 Å². The molecular formula is C32H31Cl2N3O7. The summed E-state index contributed by atoms with van der Waals surface area (Å²) < 4.78 is 11.0. The second-order valence-electron chi connectivity index (χ2n) is 12.1. The molecule has 3 heterocycles. The van der Waals surface area contributed by atoms with Crippen molar-refractivity contribution in [3.05, 3.63) is 59.7 Å². The van der Waals surface area contributed by atoms with E-state index < -0.39 is 45.2 Å². The molecule has 44 heavy (non-hydrogen) atoms. The quantitative estimate of drug-likeness (QED) is 0.307. The second-order valence-corrected chi connectivity index (χ2v) is 13.3. The van der Waals surface area contributed by atoms with Gasteiger partial charge in [0.25, 0.3) is 11.8 Å². The molecule has 0 aromatic heterocycles. The third-order valence-corrected chi connectivity index (χ3v) is 11.4. The number of benzene rings is 2. The Labute approximate surface area is 264 Å². The lowest BCUT2D eigenvalue weighted by Gasteiger charge is -2.51. The van der Waals surface area contributed by atoms with Crippen LogP contribution in [0.3, 0.4) is 0 Å². The Hall–Kier alpha value is -3.60. The Morgan fingerprint density at radius 3 is 2.30 bits per heavy atom. The van der Waals surface area contributed by atoms with Gasteiger partial charge < -0.3 is 19.5 Å². The number of carbonyl (C=O) groups excluding carboxylic acids is 4. The van der Waals surface area contributed by atoms with E-state index in [-0.39, 0.29) is 36.2 Å². The van der Waals surface area contributed by atoms with Crippen molar-refractivity contribution in [3.8, 4) is 11.5 Å². The number of hydrogen-bond donors (Lipinski definition) is 1. The number of allylic oxidation sites excluding steroid dienone is 2. The van der Waals surface area contributed by atoms with Gasteiger partial charge in [-0.05, 0) is 49.1 Å². The van der Waals surface area contributed by atoms with Gasteiger partial charge in [0.2, 0.25) is 11.8 Å². The summed E-state index contributed by atoms with van der Waals surface area (Å²) >= 11 is 14.5. The van der Waals surface area contributed by atoms with Crippen LogP contribution in [0.5, 0.6) is 11.5 Å². The number of imide groups is 2. The number of fused-ring (bicyclic) bond motifs is 4. The van der Waals surface area contributed by atoms with Crippen LogP contribution in [0.1, 0.15) is 24.3 Å². The number of halogens is 2. The minimum atomic E-state index is -1.93. The van der Waals surface area contributed by atoms with E-state index in [1.807, 2.05) is 18.2 Å². The van der Waals surface area contributed by atoms with Gasteiger partial charge in [-0.3, -0.25) is 29.0 Å². The molecular weight excluding hydrogens is 609 g/mol. The molecule has 5 aliphatic rings. The molecule has 1 saturated carbocycles. The molecule has 1 N–H and O–H groups in total. The van der Waals surface area contributed by atoms with Crippen molar-refractivity contribution in [2.24, 2.45) is 17.8 Å². The van der Waals surface area contributed by atoms with E-state index in [4.69, 9.17) is 32.7 Å². The number of alkyl halides is 2. The molecule has 0 bridgehead atoms. The van der Waals surface area contributed by atoms with Crippen molar-refractivity contribution in [2.75, 3.05) is 50.3 Å². The number of nitrogens with zero attached hydrogens (tertiary/aromatic N) is 3. The minimum absolute atomic E-state index is 0.0609. The van der Waals surface area contributed by atoms with Gasteiger partial charge in [-0.1, -0.05) is 17.7 Å². The molecule has 230 valence electrons. The number of anilines is 2. The predicted octanol–water partition coefficient (Wildman–Crippen LogP) is 3.43. The first-order valence-corrected chi connectivity index (χ1v) is 15.4. The summed E-state index contributed by atoms with van der Waals surface area (Å²) in [7, 11) is 2.77. The molecule has 0 unspecified atom stereocenters. The summed E-state index contributed by atoms with van der Waals surface area (Å²) in [4.78, 5) is 56.0. The number of carbonyl (C=O) groups is 4. The van der Waals surface area contributed by atoms with Crippen molar-refractivity contribution in [3.63, 3.8) is 0 Å². The van der Waals surface area contributed by atoms with Crippen molar-refractivity contribution in [1.29, 1.82) is 0 Å². The standard InChI is InChI=1S/C32H31Cl2N3O7/c1-35-29(41)31(33)16-23-20(26(32(31,34)30(35)42)21-8-7-19(38)15-24(21)43-2)9-10-22-25(23)28(40)37(27(22)39)18-5-3-17(4-6-18)36-11-13-44-14-12-36/h3-9,15,22-23,25-26,38H,10-14,16H2,1-2H3/t22-,23+,25-,26+,31+,32-/m0/s1. The third kappa shape index (κ3) is 3.83. The van der Waals surface area contributed by atoms with Crippen LogP contribution < -0.4 is 14.5 Å². The highest BCUT2D eigenvalue weighted by Gasteiger charge is 2.76. The fraction of sp³-hybridized carbons (Fsp3) is 0.438. The largest absolute Gasteiger partial charge is 0.508 e. The maximum atomic E-state index is 14.2. The first kappa shape index (κ1) is 29.1. The number of aromatic hydroxyl groups is 1. The number of ether oxygens (including phenoxy) is 2. The average molecular weight is 641 g/mol. The first-order valence-electron chi connectivity index (χ1n) is 14.6. The van der Waals surface area contributed by atoms with E-state index >= 15 is 0 Å². The molecule has 6 atom stereocenters. The second kappa shape index (κ2) is 10.2. The molecule has 0 spiro atoms. The van der Waals surface area contributed by atoms with Crippen LogP contribution in [-0.4, -0.2) is 83.8 Å². The molecule has 2 aromatic rings. The number of amides is 4. The molecule has 10 nitrogen and oxygen atoms in total. The third-order valence-electron chi connectivity index (χ3n) is 10.0. The topological polar surface area (TPSA) is 117 Å². The highest BCUT2D eigenvalue weighted by atomic mass is 35.5. The van der Waals surface area contributed by atoms with Crippen LogP contribution in [0.4, 0.5) is 11.4 Å². The van der Waals surface area contributed by atoms with Crippen LogP contribution in [0.25, 0.3) is 0 Å². The zero-order chi connectivity index (χ0) is 31.1. The molecule has 0 radical (unpaired) electrons. The maximum Gasteiger partial charge on any atom is 0.253 e. The number of phenolic OH excluding ortho intramolecular Hbond substituents is 1. The van der Waals surface area contributed by atoms with Gasteiger partial charge in [0.1, 0.15) is 11.5 Å². The lowest BCUT2D eigenvalue weighted by molar-refractivity contribution is -0.138.